The van der Waals surface area contributed by atoms with E-state index in [4.69, 9.17) is 4.84 Å². The predicted molar refractivity (Wildman–Crippen MR) is 50.0 cm³/mol. The van der Waals surface area contributed by atoms with Crippen molar-refractivity contribution in [3.63, 3.8) is 0 Å². The fraction of sp³-hybridized carbons (Fsp3) is 0.625. The van der Waals surface area contributed by atoms with Crippen LogP contribution in [0.1, 0.15) is 6.92 Å². The molecule has 0 spiro atoms. The molecule has 74 valence electrons. The van der Waals surface area contributed by atoms with Crippen molar-refractivity contribution in [1.82, 2.24) is 10.4 Å². The molecule has 2 N–H and O–H groups in total. The third-order valence-corrected chi connectivity index (χ3v) is 1.70. The molecule has 0 radical (unpaired) electrons. The molecule has 0 fully saturated rings. The van der Waals surface area contributed by atoms with Gasteiger partial charge in [-0.15, -0.1) is 0 Å². The molecule has 0 bridgehead atoms. The van der Waals surface area contributed by atoms with Crippen LogP contribution in [0.5, 0.6) is 0 Å². The van der Waals surface area contributed by atoms with E-state index in [1.54, 1.807) is 12.4 Å². The largest absolute Gasteiger partial charge is 0.367 e. The van der Waals surface area contributed by atoms with Gasteiger partial charge in [0.15, 0.2) is 0 Å². The summed E-state index contributed by atoms with van der Waals surface area (Å²) in [6.45, 7) is 3.24. The molecule has 1 heterocycles. The molecule has 1 rings (SSSR count). The third kappa shape index (κ3) is 2.80. The average Bonchev–Trinajstić information content (AvgIpc) is 2.15. The maximum atomic E-state index is 9.51. The van der Waals surface area contributed by atoms with Crippen LogP contribution in [0.4, 0.5) is 0 Å². The summed E-state index contributed by atoms with van der Waals surface area (Å²) < 4.78 is 0. The highest BCUT2D eigenvalue weighted by Crippen LogP contribution is 2.10. The van der Waals surface area contributed by atoms with Crippen LogP contribution >= 0.6 is 0 Å². The Balaban J connectivity index is 2.48. The van der Waals surface area contributed by atoms with Gasteiger partial charge in [0.05, 0.1) is 18.4 Å². The SMILES string of the molecule is CCNOC(O)C1=CN=CCN1C. The lowest BCUT2D eigenvalue weighted by molar-refractivity contribution is -0.131. The van der Waals surface area contributed by atoms with Crippen LogP contribution in [0.25, 0.3) is 0 Å². The summed E-state index contributed by atoms with van der Waals surface area (Å²) in [7, 11) is 1.87. The summed E-state index contributed by atoms with van der Waals surface area (Å²) in [4.78, 5) is 10.7. The van der Waals surface area contributed by atoms with Gasteiger partial charge in [0.25, 0.3) is 0 Å². The molecular formula is C8H15N3O2. The van der Waals surface area contributed by atoms with E-state index in [2.05, 4.69) is 10.5 Å². The summed E-state index contributed by atoms with van der Waals surface area (Å²) in [5, 5.41) is 9.51. The first-order valence-electron chi connectivity index (χ1n) is 4.25. The number of hydrogen-bond acceptors (Lipinski definition) is 5. The van der Waals surface area contributed by atoms with Gasteiger partial charge in [-0.05, 0) is 0 Å². The highest BCUT2D eigenvalue weighted by molar-refractivity contribution is 5.62. The van der Waals surface area contributed by atoms with Gasteiger partial charge in [-0.25, -0.2) is 0 Å². The van der Waals surface area contributed by atoms with E-state index < -0.39 is 6.29 Å². The molecule has 0 aromatic heterocycles. The lowest BCUT2D eigenvalue weighted by Crippen LogP contribution is -2.34. The Morgan fingerprint density at radius 2 is 2.62 bits per heavy atom. The molecule has 0 aliphatic carbocycles. The molecule has 5 heteroatoms. The summed E-state index contributed by atoms with van der Waals surface area (Å²) in [5.41, 5.74) is 3.25. The topological polar surface area (TPSA) is 57.1 Å². The molecular weight excluding hydrogens is 170 g/mol. The second-order valence-corrected chi connectivity index (χ2v) is 2.73. The Bertz CT molecular complexity index is 215. The van der Waals surface area contributed by atoms with E-state index in [1.807, 2.05) is 18.9 Å². The zero-order valence-corrected chi connectivity index (χ0v) is 7.90. The molecule has 13 heavy (non-hydrogen) atoms. The Morgan fingerprint density at radius 3 is 3.23 bits per heavy atom. The Labute approximate surface area is 77.7 Å². The number of aliphatic hydroxyl groups is 1. The number of hydrogen-bond donors (Lipinski definition) is 2. The molecule has 0 saturated heterocycles. The highest BCUT2D eigenvalue weighted by atomic mass is 16.7. The lowest BCUT2D eigenvalue weighted by atomic mass is 10.3. The van der Waals surface area contributed by atoms with E-state index >= 15 is 0 Å². The van der Waals surface area contributed by atoms with Crippen LogP contribution in [0, 0.1) is 0 Å². The fourth-order valence-corrected chi connectivity index (χ4v) is 0.978. The zero-order valence-electron chi connectivity index (χ0n) is 7.90. The maximum absolute atomic E-state index is 9.51. The van der Waals surface area contributed by atoms with Gasteiger partial charge in [0.2, 0.25) is 6.29 Å². The molecule has 0 aromatic rings. The number of likely N-dealkylation sites (N-methyl/N-ethyl adjacent to an activating group) is 1. The summed E-state index contributed by atoms with van der Waals surface area (Å²) in [6.07, 6.45) is 2.40. The number of rotatable bonds is 4. The lowest BCUT2D eigenvalue weighted by Gasteiger charge is -2.25. The van der Waals surface area contributed by atoms with Gasteiger partial charge in [0.1, 0.15) is 0 Å². The summed E-state index contributed by atoms with van der Waals surface area (Å²) >= 11 is 0. The van der Waals surface area contributed by atoms with Crippen molar-refractivity contribution in [2.75, 3.05) is 20.1 Å². The van der Waals surface area contributed by atoms with E-state index in [1.165, 1.54) is 0 Å². The van der Waals surface area contributed by atoms with Gasteiger partial charge in [-0.1, -0.05) is 6.92 Å². The Morgan fingerprint density at radius 1 is 1.85 bits per heavy atom. The highest BCUT2D eigenvalue weighted by Gasteiger charge is 2.16. The van der Waals surface area contributed by atoms with Gasteiger partial charge >= 0.3 is 0 Å². The summed E-state index contributed by atoms with van der Waals surface area (Å²) in [5.74, 6) is 0. The van der Waals surface area contributed by atoms with E-state index in [9.17, 15) is 5.11 Å². The van der Waals surface area contributed by atoms with E-state index in [-0.39, 0.29) is 0 Å². The van der Waals surface area contributed by atoms with Gasteiger partial charge in [0, 0.05) is 19.8 Å². The molecule has 1 aliphatic rings. The summed E-state index contributed by atoms with van der Waals surface area (Å²) in [6, 6.07) is 0. The molecule has 1 aliphatic heterocycles. The van der Waals surface area contributed by atoms with Crippen molar-refractivity contribution in [3.8, 4) is 0 Å². The van der Waals surface area contributed by atoms with Crippen molar-refractivity contribution < 1.29 is 9.94 Å². The minimum absolute atomic E-state index is 0.650. The normalized spacial score (nSPS) is 18.7. The Hall–Kier alpha value is -0.910. The zero-order chi connectivity index (χ0) is 9.68. The monoisotopic (exact) mass is 185 g/mol. The van der Waals surface area contributed by atoms with Gasteiger partial charge in [-0.2, -0.15) is 5.48 Å². The first-order chi connectivity index (χ1) is 6.25. The molecule has 1 unspecified atom stereocenters. The predicted octanol–water partition coefficient (Wildman–Crippen LogP) is -0.296. The quantitative estimate of drug-likeness (QED) is 0.466. The molecule has 0 amide bonds. The third-order valence-electron chi connectivity index (χ3n) is 1.70. The van der Waals surface area contributed by atoms with Crippen LogP contribution in [0.2, 0.25) is 0 Å². The van der Waals surface area contributed by atoms with E-state index in [0.29, 0.717) is 18.8 Å². The fourth-order valence-electron chi connectivity index (χ4n) is 0.978. The minimum atomic E-state index is -0.956. The van der Waals surface area contributed by atoms with Crippen molar-refractivity contribution in [2.45, 2.75) is 13.2 Å². The number of aliphatic imine (C=N–C) groups is 1. The first kappa shape index (κ1) is 10.2. The van der Waals surface area contributed by atoms with Crippen LogP contribution in [-0.4, -0.2) is 42.6 Å². The second kappa shape index (κ2) is 4.96. The standard InChI is InChI=1S/C8H15N3O2/c1-3-10-13-8(12)7-6-9-4-5-11(7)2/h4,6,8,10,12H,3,5H2,1-2H3. The first-order valence-corrected chi connectivity index (χ1v) is 4.25. The Kier molecular flexibility index (Phi) is 3.88. The van der Waals surface area contributed by atoms with E-state index in [0.717, 1.165) is 0 Å². The molecule has 0 saturated carbocycles. The maximum Gasteiger partial charge on any atom is 0.217 e. The van der Waals surface area contributed by atoms with Crippen molar-refractivity contribution in [3.05, 3.63) is 11.9 Å². The molecule has 5 nitrogen and oxygen atoms in total. The minimum Gasteiger partial charge on any atom is -0.367 e. The number of aliphatic hydroxyl groups excluding tert-OH is 1. The van der Waals surface area contributed by atoms with Gasteiger partial charge in [-0.3, -0.25) is 9.83 Å². The van der Waals surface area contributed by atoms with Gasteiger partial charge < -0.3 is 10.0 Å². The van der Waals surface area contributed by atoms with Crippen LogP contribution in [-0.2, 0) is 4.84 Å². The van der Waals surface area contributed by atoms with Crippen LogP contribution < -0.4 is 5.48 Å². The molecule has 1 atom stereocenters. The number of hydroxylamine groups is 1. The number of nitrogens with zero attached hydrogens (tertiary/aromatic N) is 2. The average molecular weight is 185 g/mol. The van der Waals surface area contributed by atoms with Crippen LogP contribution in [0.15, 0.2) is 16.9 Å². The van der Waals surface area contributed by atoms with Crippen molar-refractivity contribution >= 4 is 6.21 Å². The van der Waals surface area contributed by atoms with Crippen molar-refractivity contribution in [2.24, 2.45) is 4.99 Å². The smallest absolute Gasteiger partial charge is 0.217 e. The van der Waals surface area contributed by atoms with Crippen LogP contribution in [0.3, 0.4) is 0 Å². The van der Waals surface area contributed by atoms with Crippen molar-refractivity contribution in [1.29, 1.82) is 0 Å². The molecule has 0 aromatic carbocycles. The number of nitrogens with one attached hydrogen (secondary N) is 1. The second-order valence-electron chi connectivity index (χ2n) is 2.73.